The van der Waals surface area contributed by atoms with E-state index in [1.165, 1.54) is 0 Å². The van der Waals surface area contributed by atoms with E-state index in [-0.39, 0.29) is 6.02 Å². The fraction of sp³-hybridized carbons (Fsp3) is 0.133. The van der Waals surface area contributed by atoms with Crippen LogP contribution >= 0.6 is 0 Å². The molecular formula is C15H16N2O2. The summed E-state index contributed by atoms with van der Waals surface area (Å²) in [5.74, 6) is 1.36. The first-order valence-electron chi connectivity index (χ1n) is 5.90. The van der Waals surface area contributed by atoms with E-state index >= 15 is 0 Å². The molecule has 0 aliphatic heterocycles. The van der Waals surface area contributed by atoms with E-state index in [1.807, 2.05) is 30.3 Å². The van der Waals surface area contributed by atoms with Gasteiger partial charge in [-0.15, -0.1) is 0 Å². The van der Waals surface area contributed by atoms with Gasteiger partial charge in [0.1, 0.15) is 11.5 Å². The van der Waals surface area contributed by atoms with Gasteiger partial charge in [0.2, 0.25) is 0 Å². The summed E-state index contributed by atoms with van der Waals surface area (Å²) in [6.45, 7) is 0. The molecule has 2 aromatic carbocycles. The number of nitrogens with one attached hydrogen (secondary N) is 1. The van der Waals surface area contributed by atoms with Crippen LogP contribution in [0.2, 0.25) is 0 Å². The molecule has 19 heavy (non-hydrogen) atoms. The molecule has 0 aliphatic rings. The van der Waals surface area contributed by atoms with Crippen LogP contribution in [0.25, 0.3) is 0 Å². The first-order valence-corrected chi connectivity index (χ1v) is 5.90. The van der Waals surface area contributed by atoms with Gasteiger partial charge in [-0.05, 0) is 36.4 Å². The van der Waals surface area contributed by atoms with E-state index in [1.54, 1.807) is 43.3 Å². The number of hydrogen-bond acceptors (Lipinski definition) is 3. The highest BCUT2D eigenvalue weighted by atomic mass is 16.5. The minimum Gasteiger partial charge on any atom is -0.497 e. The standard InChI is InChI=1S/C15H16N2O2/c1-17(12-6-4-3-5-7-12)15(16)19-14-10-8-13(18-2)9-11-14/h3-11,16H,1-2H3. The number of nitrogens with zero attached hydrogens (tertiary/aromatic N) is 1. The average Bonchev–Trinajstić information content (AvgIpc) is 2.48. The zero-order chi connectivity index (χ0) is 13.7. The Balaban J connectivity index is 2.04. The van der Waals surface area contributed by atoms with Crippen LogP contribution in [0.5, 0.6) is 11.5 Å². The van der Waals surface area contributed by atoms with Gasteiger partial charge >= 0.3 is 0 Å². The van der Waals surface area contributed by atoms with Crippen molar-refractivity contribution < 1.29 is 9.47 Å². The van der Waals surface area contributed by atoms with E-state index in [2.05, 4.69) is 0 Å². The summed E-state index contributed by atoms with van der Waals surface area (Å²) in [5.41, 5.74) is 0.904. The van der Waals surface area contributed by atoms with Gasteiger partial charge in [0, 0.05) is 12.7 Å². The Bertz CT molecular complexity index is 538. The number of benzene rings is 2. The van der Waals surface area contributed by atoms with E-state index in [9.17, 15) is 0 Å². The highest BCUT2D eigenvalue weighted by Gasteiger charge is 2.08. The largest absolute Gasteiger partial charge is 0.497 e. The quantitative estimate of drug-likeness (QED) is 0.677. The summed E-state index contributed by atoms with van der Waals surface area (Å²) in [6.07, 6.45) is 0. The summed E-state index contributed by atoms with van der Waals surface area (Å²) in [5, 5.41) is 7.94. The SMILES string of the molecule is COc1ccc(OC(=N)N(C)c2ccccc2)cc1. The number of rotatable bonds is 3. The maximum atomic E-state index is 7.94. The molecular weight excluding hydrogens is 240 g/mol. The summed E-state index contributed by atoms with van der Waals surface area (Å²) in [7, 11) is 3.41. The molecule has 0 bridgehead atoms. The van der Waals surface area contributed by atoms with Crippen molar-refractivity contribution >= 4 is 11.7 Å². The van der Waals surface area contributed by atoms with Crippen LogP contribution in [-0.2, 0) is 0 Å². The number of ether oxygens (including phenoxy) is 2. The van der Waals surface area contributed by atoms with Crippen LogP contribution < -0.4 is 14.4 Å². The first-order chi connectivity index (χ1) is 9.20. The number of amidine groups is 1. The summed E-state index contributed by atoms with van der Waals surface area (Å²) < 4.78 is 10.6. The van der Waals surface area contributed by atoms with Crippen LogP contribution in [0.3, 0.4) is 0 Å². The second-order valence-electron chi connectivity index (χ2n) is 3.98. The van der Waals surface area contributed by atoms with Crippen molar-refractivity contribution in [3.05, 3.63) is 54.6 Å². The summed E-state index contributed by atoms with van der Waals surface area (Å²) in [4.78, 5) is 1.67. The zero-order valence-corrected chi connectivity index (χ0v) is 11.0. The number of methoxy groups -OCH3 is 1. The Labute approximate surface area is 112 Å². The maximum Gasteiger partial charge on any atom is 0.294 e. The highest BCUT2D eigenvalue weighted by molar-refractivity contribution is 5.90. The average molecular weight is 256 g/mol. The molecule has 4 nitrogen and oxygen atoms in total. The molecule has 0 fully saturated rings. The molecule has 0 amide bonds. The molecule has 98 valence electrons. The molecule has 0 saturated carbocycles. The smallest absolute Gasteiger partial charge is 0.294 e. The Morgan fingerprint density at radius 2 is 1.53 bits per heavy atom. The van der Waals surface area contributed by atoms with Gasteiger partial charge in [-0.25, -0.2) is 0 Å². The lowest BCUT2D eigenvalue weighted by molar-refractivity contribution is 0.413. The van der Waals surface area contributed by atoms with Gasteiger partial charge in [-0.1, -0.05) is 18.2 Å². The van der Waals surface area contributed by atoms with Crippen molar-refractivity contribution in [2.24, 2.45) is 0 Å². The first kappa shape index (κ1) is 13.0. The maximum absolute atomic E-state index is 7.94. The molecule has 0 aromatic heterocycles. The third kappa shape index (κ3) is 3.25. The van der Waals surface area contributed by atoms with Gasteiger partial charge in [-0.3, -0.25) is 10.3 Å². The molecule has 0 saturated heterocycles. The van der Waals surface area contributed by atoms with Gasteiger partial charge in [0.05, 0.1) is 7.11 Å². The minimum atomic E-state index is 0.0661. The van der Waals surface area contributed by atoms with Crippen molar-refractivity contribution in [3.8, 4) is 11.5 Å². The van der Waals surface area contributed by atoms with Gasteiger partial charge < -0.3 is 9.47 Å². The number of hydrogen-bond donors (Lipinski definition) is 1. The lowest BCUT2D eigenvalue weighted by Crippen LogP contribution is -2.30. The number of anilines is 1. The van der Waals surface area contributed by atoms with Crippen LogP contribution in [0.1, 0.15) is 0 Å². The lowest BCUT2D eigenvalue weighted by atomic mass is 10.3. The van der Waals surface area contributed by atoms with Crippen LogP contribution in [-0.4, -0.2) is 20.2 Å². The monoisotopic (exact) mass is 256 g/mol. The predicted octanol–water partition coefficient (Wildman–Crippen LogP) is 3.15. The van der Waals surface area contributed by atoms with Crippen molar-refractivity contribution in [2.75, 3.05) is 19.1 Å². The van der Waals surface area contributed by atoms with Crippen molar-refractivity contribution in [1.82, 2.24) is 0 Å². The van der Waals surface area contributed by atoms with Crippen molar-refractivity contribution in [1.29, 1.82) is 5.41 Å². The van der Waals surface area contributed by atoms with E-state index in [4.69, 9.17) is 14.9 Å². The van der Waals surface area contributed by atoms with Crippen molar-refractivity contribution in [2.45, 2.75) is 0 Å². The second kappa shape index (κ2) is 5.91. The Kier molecular flexibility index (Phi) is 4.03. The van der Waals surface area contributed by atoms with Crippen LogP contribution in [0.15, 0.2) is 54.6 Å². The highest BCUT2D eigenvalue weighted by Crippen LogP contribution is 2.18. The predicted molar refractivity (Wildman–Crippen MR) is 76.2 cm³/mol. The molecule has 0 unspecified atom stereocenters. The van der Waals surface area contributed by atoms with E-state index in [0.29, 0.717) is 5.75 Å². The van der Waals surface area contributed by atoms with E-state index < -0.39 is 0 Å². The van der Waals surface area contributed by atoms with Crippen LogP contribution in [0.4, 0.5) is 5.69 Å². The Morgan fingerprint density at radius 3 is 2.11 bits per heavy atom. The summed E-state index contributed by atoms with van der Waals surface area (Å²) in [6, 6.07) is 16.8. The molecule has 0 radical (unpaired) electrons. The topological polar surface area (TPSA) is 45.6 Å². The van der Waals surface area contributed by atoms with Crippen molar-refractivity contribution in [3.63, 3.8) is 0 Å². The van der Waals surface area contributed by atoms with E-state index in [0.717, 1.165) is 11.4 Å². The van der Waals surface area contributed by atoms with Gasteiger partial charge in [0.15, 0.2) is 0 Å². The normalized spacial score (nSPS) is 9.79. The minimum absolute atomic E-state index is 0.0661. The third-order valence-corrected chi connectivity index (χ3v) is 2.72. The molecule has 0 heterocycles. The molecule has 0 spiro atoms. The third-order valence-electron chi connectivity index (χ3n) is 2.72. The summed E-state index contributed by atoms with van der Waals surface area (Å²) >= 11 is 0. The molecule has 0 aliphatic carbocycles. The van der Waals surface area contributed by atoms with Gasteiger partial charge in [-0.2, -0.15) is 0 Å². The Morgan fingerprint density at radius 1 is 0.947 bits per heavy atom. The molecule has 4 heteroatoms. The fourth-order valence-corrected chi connectivity index (χ4v) is 1.59. The molecule has 1 N–H and O–H groups in total. The lowest BCUT2D eigenvalue weighted by Gasteiger charge is -2.19. The molecule has 2 aromatic rings. The molecule has 0 atom stereocenters. The zero-order valence-electron chi connectivity index (χ0n) is 11.0. The second-order valence-corrected chi connectivity index (χ2v) is 3.98. The number of para-hydroxylation sites is 1. The van der Waals surface area contributed by atoms with Gasteiger partial charge in [0.25, 0.3) is 6.02 Å². The Hall–Kier alpha value is -2.49. The fourth-order valence-electron chi connectivity index (χ4n) is 1.59. The van der Waals surface area contributed by atoms with Crippen LogP contribution in [0, 0.1) is 5.41 Å². The molecule has 2 rings (SSSR count).